The minimum Gasteiger partial charge on any atom is -0.462 e. The lowest BCUT2D eigenvalue weighted by Crippen LogP contribution is -2.34. The Balaban J connectivity index is 4.17. The Labute approximate surface area is 91.0 Å². The van der Waals surface area contributed by atoms with Crippen LogP contribution < -0.4 is 5.09 Å². The van der Waals surface area contributed by atoms with Crippen LogP contribution >= 0.6 is 7.52 Å². The molecule has 0 aromatic carbocycles. The van der Waals surface area contributed by atoms with Crippen molar-refractivity contribution < 1.29 is 18.6 Å². The summed E-state index contributed by atoms with van der Waals surface area (Å²) in [5.74, 6) is -0.424. The van der Waals surface area contributed by atoms with Crippen LogP contribution in [-0.2, 0) is 18.6 Å². The van der Waals surface area contributed by atoms with Gasteiger partial charge in [0.1, 0.15) is 6.04 Å². The molecule has 15 heavy (non-hydrogen) atoms. The van der Waals surface area contributed by atoms with E-state index in [0.717, 1.165) is 0 Å². The summed E-state index contributed by atoms with van der Waals surface area (Å²) in [5.41, 5.74) is 0. The van der Waals surface area contributed by atoms with Crippen molar-refractivity contribution in [3.8, 4) is 0 Å². The van der Waals surface area contributed by atoms with Crippen molar-refractivity contribution in [2.45, 2.75) is 39.8 Å². The van der Waals surface area contributed by atoms with E-state index in [9.17, 15) is 9.36 Å². The van der Waals surface area contributed by atoms with E-state index >= 15 is 0 Å². The monoisotopic (exact) mass is 237 g/mol. The molecule has 0 aliphatic rings. The topological polar surface area (TPSA) is 64.6 Å². The molecule has 0 rings (SSSR count). The summed E-state index contributed by atoms with van der Waals surface area (Å²) in [5, 5.41) is 2.62. The van der Waals surface area contributed by atoms with Gasteiger partial charge in [-0.1, -0.05) is 0 Å². The predicted octanol–water partition coefficient (Wildman–Crippen LogP) is 1.78. The lowest BCUT2D eigenvalue weighted by Gasteiger charge is -2.19. The van der Waals surface area contributed by atoms with Crippen LogP contribution in [0.1, 0.15) is 27.7 Å². The maximum atomic E-state index is 11.7. The van der Waals surface area contributed by atoms with Gasteiger partial charge in [-0.3, -0.25) is 9.36 Å². The molecule has 0 aromatic heterocycles. The van der Waals surface area contributed by atoms with Gasteiger partial charge in [-0.25, -0.2) is 5.09 Å². The van der Waals surface area contributed by atoms with Crippen molar-refractivity contribution in [2.24, 2.45) is 0 Å². The zero-order valence-electron chi connectivity index (χ0n) is 9.94. The molecule has 0 spiro atoms. The normalized spacial score (nSPS) is 17.2. The highest BCUT2D eigenvalue weighted by Gasteiger charge is 2.24. The third-order valence-electron chi connectivity index (χ3n) is 1.51. The molecular formula is C9H20NO4P. The van der Waals surface area contributed by atoms with E-state index in [1.165, 1.54) is 6.66 Å². The Hall–Kier alpha value is -0.380. The molecule has 1 N–H and O–H groups in total. The van der Waals surface area contributed by atoms with E-state index < -0.39 is 19.5 Å². The number of hydrogen-bond acceptors (Lipinski definition) is 4. The van der Waals surface area contributed by atoms with Gasteiger partial charge in [-0.2, -0.15) is 0 Å². The van der Waals surface area contributed by atoms with E-state index in [1.807, 2.05) is 0 Å². The average molecular weight is 237 g/mol. The lowest BCUT2D eigenvalue weighted by atomic mass is 10.4. The molecular weight excluding hydrogens is 217 g/mol. The van der Waals surface area contributed by atoms with Gasteiger partial charge in [0, 0.05) is 6.66 Å². The number of ether oxygens (including phenoxy) is 1. The number of esters is 1. The lowest BCUT2D eigenvalue weighted by molar-refractivity contribution is -0.149. The first-order valence-corrected chi connectivity index (χ1v) is 7.06. The standard InChI is InChI=1S/C9H20NO4P/c1-6-13-15(5,12)10-8(4)9(11)14-7(2)3/h7-8H,6H2,1-5H3,(H,10,12)/t8-,15?/m0/s1. The van der Waals surface area contributed by atoms with Gasteiger partial charge in [-0.15, -0.1) is 0 Å². The van der Waals surface area contributed by atoms with Gasteiger partial charge < -0.3 is 9.26 Å². The smallest absolute Gasteiger partial charge is 0.323 e. The first-order valence-electron chi connectivity index (χ1n) is 4.99. The van der Waals surface area contributed by atoms with E-state index in [-0.39, 0.29) is 6.10 Å². The molecule has 0 heterocycles. The Bertz CT molecular complexity index is 254. The van der Waals surface area contributed by atoms with Crippen LogP contribution in [0.25, 0.3) is 0 Å². The van der Waals surface area contributed by atoms with Crippen LogP contribution in [0.5, 0.6) is 0 Å². The second kappa shape index (κ2) is 6.26. The van der Waals surface area contributed by atoms with Gasteiger partial charge in [0.2, 0.25) is 0 Å². The predicted molar refractivity (Wildman–Crippen MR) is 59.0 cm³/mol. The summed E-state index contributed by atoms with van der Waals surface area (Å²) in [6.45, 7) is 8.65. The highest BCUT2D eigenvalue weighted by molar-refractivity contribution is 7.56. The molecule has 0 saturated carbocycles. The van der Waals surface area contributed by atoms with Gasteiger partial charge in [0.15, 0.2) is 0 Å². The van der Waals surface area contributed by atoms with E-state index in [4.69, 9.17) is 9.26 Å². The van der Waals surface area contributed by atoms with Crippen molar-refractivity contribution in [2.75, 3.05) is 13.3 Å². The summed E-state index contributed by atoms with van der Waals surface area (Å²) < 4.78 is 21.6. The summed E-state index contributed by atoms with van der Waals surface area (Å²) in [4.78, 5) is 11.4. The molecule has 0 aliphatic heterocycles. The maximum Gasteiger partial charge on any atom is 0.323 e. The van der Waals surface area contributed by atoms with E-state index in [0.29, 0.717) is 6.61 Å². The zero-order valence-corrected chi connectivity index (χ0v) is 10.8. The van der Waals surface area contributed by atoms with E-state index in [2.05, 4.69) is 5.09 Å². The molecule has 2 atom stereocenters. The van der Waals surface area contributed by atoms with Gasteiger partial charge in [-0.05, 0) is 27.7 Å². The molecule has 0 amide bonds. The van der Waals surface area contributed by atoms with Crippen molar-refractivity contribution in [1.29, 1.82) is 0 Å². The minimum atomic E-state index is -2.90. The minimum absolute atomic E-state index is 0.176. The molecule has 0 saturated heterocycles. The zero-order chi connectivity index (χ0) is 12.1. The maximum absolute atomic E-state index is 11.7. The van der Waals surface area contributed by atoms with Gasteiger partial charge in [0.25, 0.3) is 7.52 Å². The number of hydrogen-bond donors (Lipinski definition) is 1. The molecule has 0 aliphatic carbocycles. The third-order valence-corrected chi connectivity index (χ3v) is 3.12. The molecule has 5 nitrogen and oxygen atoms in total. The summed E-state index contributed by atoms with van der Waals surface area (Å²) in [6.07, 6.45) is -0.176. The molecule has 1 unspecified atom stereocenters. The molecule has 0 radical (unpaired) electrons. The number of rotatable bonds is 6. The van der Waals surface area contributed by atoms with Crippen molar-refractivity contribution in [3.63, 3.8) is 0 Å². The fraction of sp³-hybridized carbons (Fsp3) is 0.889. The first kappa shape index (κ1) is 14.6. The largest absolute Gasteiger partial charge is 0.462 e. The summed E-state index contributed by atoms with van der Waals surface area (Å²) >= 11 is 0. The Morgan fingerprint density at radius 2 is 1.93 bits per heavy atom. The van der Waals surface area contributed by atoms with Gasteiger partial charge in [0.05, 0.1) is 12.7 Å². The van der Waals surface area contributed by atoms with Gasteiger partial charge >= 0.3 is 5.97 Å². The second-order valence-corrected chi connectivity index (χ2v) is 5.81. The SMILES string of the molecule is CCOP(C)(=O)N[C@@H](C)C(=O)OC(C)C. The van der Waals surface area contributed by atoms with Crippen molar-refractivity contribution in [1.82, 2.24) is 5.09 Å². The Kier molecular flexibility index (Phi) is 6.10. The quantitative estimate of drug-likeness (QED) is 0.563. The second-order valence-electron chi connectivity index (χ2n) is 3.60. The third kappa shape index (κ3) is 6.66. The highest BCUT2D eigenvalue weighted by Crippen LogP contribution is 2.37. The van der Waals surface area contributed by atoms with Crippen LogP contribution in [0.3, 0.4) is 0 Å². The fourth-order valence-electron chi connectivity index (χ4n) is 1.02. The van der Waals surface area contributed by atoms with E-state index in [1.54, 1.807) is 27.7 Å². The number of carbonyl (C=O) groups is 1. The first-order chi connectivity index (χ1) is 6.78. The van der Waals surface area contributed by atoms with Crippen LogP contribution in [-0.4, -0.2) is 31.4 Å². The highest BCUT2D eigenvalue weighted by atomic mass is 31.2. The number of carbonyl (C=O) groups excluding carboxylic acids is 1. The molecule has 0 aromatic rings. The summed E-state index contributed by atoms with van der Waals surface area (Å²) in [6, 6.07) is -0.630. The van der Waals surface area contributed by atoms with Crippen LogP contribution in [0, 0.1) is 0 Å². The average Bonchev–Trinajstić information content (AvgIpc) is 2.01. The Morgan fingerprint density at radius 3 is 2.33 bits per heavy atom. The molecule has 0 bridgehead atoms. The molecule has 90 valence electrons. The molecule has 6 heteroatoms. The Morgan fingerprint density at radius 1 is 1.40 bits per heavy atom. The van der Waals surface area contributed by atoms with Crippen LogP contribution in [0.2, 0.25) is 0 Å². The van der Waals surface area contributed by atoms with Crippen LogP contribution in [0.15, 0.2) is 0 Å². The van der Waals surface area contributed by atoms with Crippen LogP contribution in [0.4, 0.5) is 0 Å². The number of nitrogens with one attached hydrogen (secondary N) is 1. The van der Waals surface area contributed by atoms with Crippen molar-refractivity contribution in [3.05, 3.63) is 0 Å². The molecule has 0 fully saturated rings. The summed E-state index contributed by atoms with van der Waals surface area (Å²) in [7, 11) is -2.90. The van der Waals surface area contributed by atoms with Crippen molar-refractivity contribution >= 4 is 13.5 Å². The fourth-order valence-corrected chi connectivity index (χ4v) is 2.40.